The molecule has 6 nitrogen and oxygen atoms in total. The first-order valence-corrected chi connectivity index (χ1v) is 23.9. The standard InChI is InChI=1S/C50H91NO5/c1-3-5-7-9-11-13-15-17-18-19-20-22-23-26-30-34-38-42-48(53)47(46-52)51-49(54)43-39-35-31-27-25-29-33-37-41-45-56-50(55)44-40-36-32-28-24-21-16-14-12-10-8-6-4-2/h8,10,14,16,27,31,38,42,47-48,52-53H,3-7,9,11-13,15,17-26,28-30,32-37,39-41,43-46H2,1-2H3,(H,51,54)/b10-8-,16-14-,31-27-,42-38+. The van der Waals surface area contributed by atoms with Crippen LogP contribution in [0.3, 0.4) is 0 Å². The Morgan fingerprint density at radius 3 is 1.48 bits per heavy atom. The molecule has 0 radical (unpaired) electrons. The Kier molecular flexibility index (Phi) is 43.7. The van der Waals surface area contributed by atoms with Gasteiger partial charge in [-0.1, -0.05) is 191 Å². The van der Waals surface area contributed by atoms with Crippen LogP contribution in [-0.2, 0) is 14.3 Å². The lowest BCUT2D eigenvalue weighted by Gasteiger charge is -2.19. The van der Waals surface area contributed by atoms with E-state index in [2.05, 4.69) is 55.6 Å². The van der Waals surface area contributed by atoms with E-state index in [9.17, 15) is 19.8 Å². The minimum atomic E-state index is -0.877. The van der Waals surface area contributed by atoms with E-state index in [0.717, 1.165) is 83.5 Å². The van der Waals surface area contributed by atoms with Gasteiger partial charge in [0.05, 0.1) is 25.4 Å². The molecule has 1 amide bonds. The van der Waals surface area contributed by atoms with Gasteiger partial charge in [0.2, 0.25) is 5.91 Å². The molecule has 0 rings (SSSR count). The van der Waals surface area contributed by atoms with Crippen LogP contribution < -0.4 is 5.32 Å². The molecule has 0 bridgehead atoms. The number of carbonyl (C=O) groups excluding carboxylic acids is 2. The molecule has 0 fully saturated rings. The largest absolute Gasteiger partial charge is 0.466 e. The number of aliphatic hydroxyl groups excluding tert-OH is 2. The minimum Gasteiger partial charge on any atom is -0.466 e. The van der Waals surface area contributed by atoms with Gasteiger partial charge in [0.15, 0.2) is 0 Å². The number of carbonyl (C=O) groups is 2. The average Bonchev–Trinajstić information content (AvgIpc) is 3.20. The molecule has 0 saturated carbocycles. The van der Waals surface area contributed by atoms with Crippen molar-refractivity contribution < 1.29 is 24.5 Å². The smallest absolute Gasteiger partial charge is 0.305 e. The van der Waals surface area contributed by atoms with Crippen molar-refractivity contribution >= 4 is 11.9 Å². The van der Waals surface area contributed by atoms with Crippen molar-refractivity contribution in [2.45, 2.75) is 244 Å². The molecule has 2 atom stereocenters. The van der Waals surface area contributed by atoms with Gasteiger partial charge in [-0.2, -0.15) is 0 Å². The van der Waals surface area contributed by atoms with E-state index >= 15 is 0 Å². The molecule has 56 heavy (non-hydrogen) atoms. The van der Waals surface area contributed by atoms with Gasteiger partial charge in [-0.05, 0) is 77.0 Å². The summed E-state index contributed by atoms with van der Waals surface area (Å²) in [6.07, 6.45) is 55.3. The molecule has 0 aromatic rings. The first-order chi connectivity index (χ1) is 27.5. The fourth-order valence-electron chi connectivity index (χ4n) is 6.85. The summed E-state index contributed by atoms with van der Waals surface area (Å²) >= 11 is 0. The van der Waals surface area contributed by atoms with Gasteiger partial charge >= 0.3 is 5.97 Å². The van der Waals surface area contributed by atoms with E-state index in [4.69, 9.17) is 4.74 Å². The Morgan fingerprint density at radius 1 is 0.500 bits per heavy atom. The summed E-state index contributed by atoms with van der Waals surface area (Å²) in [6, 6.07) is -0.667. The third-order valence-electron chi connectivity index (χ3n) is 10.5. The maximum absolute atomic E-state index is 12.4. The molecule has 2 unspecified atom stereocenters. The number of hydrogen-bond acceptors (Lipinski definition) is 5. The summed E-state index contributed by atoms with van der Waals surface area (Å²) in [5, 5.41) is 23.0. The Balaban J connectivity index is 3.62. The highest BCUT2D eigenvalue weighted by Gasteiger charge is 2.17. The SMILES string of the molecule is CCC/C=C\C/C=C\CCCCCCCC(=O)OCCCCCC/C=C\CCCC(=O)NC(CO)C(O)/C=C/CCCCCCCCCCCCCCCCC. The minimum absolute atomic E-state index is 0.0543. The normalized spacial score (nSPS) is 13.1. The highest BCUT2D eigenvalue weighted by Crippen LogP contribution is 2.14. The Morgan fingerprint density at radius 2 is 0.946 bits per heavy atom. The molecule has 6 heteroatoms. The van der Waals surface area contributed by atoms with Crippen molar-refractivity contribution in [2.24, 2.45) is 0 Å². The number of amides is 1. The van der Waals surface area contributed by atoms with Gasteiger partial charge in [0.25, 0.3) is 0 Å². The van der Waals surface area contributed by atoms with E-state index < -0.39 is 12.1 Å². The van der Waals surface area contributed by atoms with Crippen LogP contribution in [0.25, 0.3) is 0 Å². The van der Waals surface area contributed by atoms with Crippen LogP contribution in [0.1, 0.15) is 232 Å². The number of allylic oxidation sites excluding steroid dienone is 7. The second kappa shape index (κ2) is 45.5. The Labute approximate surface area is 346 Å². The molecule has 0 aromatic heterocycles. The van der Waals surface area contributed by atoms with Crippen molar-refractivity contribution in [2.75, 3.05) is 13.2 Å². The van der Waals surface area contributed by atoms with Crippen molar-refractivity contribution in [1.82, 2.24) is 5.32 Å². The highest BCUT2D eigenvalue weighted by atomic mass is 16.5. The maximum Gasteiger partial charge on any atom is 0.305 e. The molecule has 3 N–H and O–H groups in total. The van der Waals surface area contributed by atoms with E-state index in [1.165, 1.54) is 122 Å². The molecule has 0 aliphatic rings. The molecule has 0 aliphatic carbocycles. The van der Waals surface area contributed by atoms with Gasteiger partial charge in [0, 0.05) is 12.8 Å². The zero-order valence-corrected chi connectivity index (χ0v) is 36.8. The second-order valence-electron chi connectivity index (χ2n) is 16.1. The Hall–Kier alpha value is -2.18. The van der Waals surface area contributed by atoms with Crippen molar-refractivity contribution in [1.29, 1.82) is 0 Å². The quantitative estimate of drug-likeness (QED) is 0.0325. The van der Waals surface area contributed by atoms with Gasteiger partial charge in [-0.25, -0.2) is 0 Å². The van der Waals surface area contributed by atoms with Gasteiger partial charge in [-0.15, -0.1) is 0 Å². The first-order valence-electron chi connectivity index (χ1n) is 23.9. The van der Waals surface area contributed by atoms with Crippen LogP contribution in [0.15, 0.2) is 48.6 Å². The number of esters is 1. The first kappa shape index (κ1) is 53.8. The summed E-state index contributed by atoms with van der Waals surface area (Å²) in [5.74, 6) is -0.185. The van der Waals surface area contributed by atoms with Crippen LogP contribution >= 0.6 is 0 Å². The topological polar surface area (TPSA) is 95.9 Å². The van der Waals surface area contributed by atoms with Crippen LogP contribution in [0.4, 0.5) is 0 Å². The van der Waals surface area contributed by atoms with Gasteiger partial charge in [0.1, 0.15) is 0 Å². The molecule has 0 saturated heterocycles. The number of unbranched alkanes of at least 4 members (excludes halogenated alkanes) is 26. The van der Waals surface area contributed by atoms with Crippen LogP contribution in [0.5, 0.6) is 0 Å². The van der Waals surface area contributed by atoms with Crippen LogP contribution in [-0.4, -0.2) is 47.4 Å². The summed E-state index contributed by atoms with van der Waals surface area (Å²) in [7, 11) is 0. The number of hydrogen-bond donors (Lipinski definition) is 3. The lowest BCUT2D eigenvalue weighted by molar-refractivity contribution is -0.143. The Bertz CT molecular complexity index is 957. The molecular formula is C50H91NO5. The number of aliphatic hydroxyl groups is 2. The summed E-state index contributed by atoms with van der Waals surface area (Å²) in [4.78, 5) is 24.4. The fourth-order valence-corrected chi connectivity index (χ4v) is 6.85. The van der Waals surface area contributed by atoms with Gasteiger partial charge in [-0.3, -0.25) is 9.59 Å². The zero-order valence-electron chi connectivity index (χ0n) is 36.8. The van der Waals surface area contributed by atoms with E-state index in [1.54, 1.807) is 6.08 Å². The monoisotopic (exact) mass is 786 g/mol. The summed E-state index contributed by atoms with van der Waals surface area (Å²) < 4.78 is 5.41. The van der Waals surface area contributed by atoms with E-state index in [1.807, 2.05) is 6.08 Å². The lowest BCUT2D eigenvalue weighted by atomic mass is 10.0. The third kappa shape index (κ3) is 41.5. The number of nitrogens with one attached hydrogen (secondary N) is 1. The predicted octanol–water partition coefficient (Wildman–Crippen LogP) is 13.9. The van der Waals surface area contributed by atoms with Crippen LogP contribution in [0.2, 0.25) is 0 Å². The summed E-state index contributed by atoms with van der Waals surface area (Å²) in [5.41, 5.74) is 0. The molecule has 0 aromatic carbocycles. The van der Waals surface area contributed by atoms with E-state index in [0.29, 0.717) is 19.4 Å². The molecule has 0 heterocycles. The van der Waals surface area contributed by atoms with Crippen molar-refractivity contribution in [3.8, 4) is 0 Å². The molecule has 0 spiro atoms. The highest BCUT2D eigenvalue weighted by molar-refractivity contribution is 5.76. The van der Waals surface area contributed by atoms with Crippen molar-refractivity contribution in [3.05, 3.63) is 48.6 Å². The average molecular weight is 786 g/mol. The zero-order chi connectivity index (χ0) is 40.8. The molecule has 326 valence electrons. The number of ether oxygens (including phenoxy) is 1. The molecular weight excluding hydrogens is 695 g/mol. The lowest BCUT2D eigenvalue weighted by Crippen LogP contribution is -2.45. The number of rotatable bonds is 43. The summed E-state index contributed by atoms with van der Waals surface area (Å²) in [6.45, 7) is 4.72. The van der Waals surface area contributed by atoms with Crippen LogP contribution in [0, 0.1) is 0 Å². The third-order valence-corrected chi connectivity index (χ3v) is 10.5. The predicted molar refractivity (Wildman–Crippen MR) is 241 cm³/mol. The van der Waals surface area contributed by atoms with Gasteiger partial charge < -0.3 is 20.3 Å². The van der Waals surface area contributed by atoms with Crippen molar-refractivity contribution in [3.63, 3.8) is 0 Å². The second-order valence-corrected chi connectivity index (χ2v) is 16.1. The molecule has 0 aliphatic heterocycles. The fraction of sp³-hybridized carbons (Fsp3) is 0.800. The maximum atomic E-state index is 12.4. The van der Waals surface area contributed by atoms with E-state index in [-0.39, 0.29) is 18.5 Å².